The molecule has 2 rings (SSSR count). The van der Waals surface area contributed by atoms with E-state index in [-0.39, 0.29) is 0 Å². The van der Waals surface area contributed by atoms with Crippen LogP contribution in [0.5, 0.6) is 0 Å². The zero-order valence-corrected chi connectivity index (χ0v) is 8.03. The Morgan fingerprint density at radius 3 is 2.92 bits per heavy atom. The second-order valence-electron chi connectivity index (χ2n) is 3.52. The van der Waals surface area contributed by atoms with Gasteiger partial charge in [-0.3, -0.25) is 4.68 Å². The Kier molecular flexibility index (Phi) is 2.59. The summed E-state index contributed by atoms with van der Waals surface area (Å²) in [5.74, 6) is 0.626. The molecule has 1 fully saturated rings. The van der Waals surface area contributed by atoms with Gasteiger partial charge in [0.25, 0.3) is 0 Å². The molecule has 1 N–H and O–H groups in total. The zero-order valence-electron chi connectivity index (χ0n) is 8.03. The van der Waals surface area contributed by atoms with Crippen molar-refractivity contribution in [3.63, 3.8) is 0 Å². The first-order valence-corrected chi connectivity index (χ1v) is 5.01. The van der Waals surface area contributed by atoms with E-state index < -0.39 is 0 Å². The maximum absolute atomic E-state index is 4.20. The number of rotatable bonds is 2. The summed E-state index contributed by atoms with van der Waals surface area (Å²) in [6, 6.07) is 0. The number of hydrogen-bond donors (Lipinski definition) is 1. The number of aromatic nitrogens is 3. The van der Waals surface area contributed by atoms with Gasteiger partial charge in [0.15, 0.2) is 0 Å². The van der Waals surface area contributed by atoms with E-state index in [2.05, 4.69) is 28.7 Å². The van der Waals surface area contributed by atoms with Crippen molar-refractivity contribution in [1.29, 1.82) is 0 Å². The molecule has 0 unspecified atom stereocenters. The van der Waals surface area contributed by atoms with Gasteiger partial charge in [0.1, 0.15) is 0 Å². The third-order valence-electron chi connectivity index (χ3n) is 2.64. The fourth-order valence-corrected chi connectivity index (χ4v) is 1.77. The van der Waals surface area contributed by atoms with Crippen LogP contribution in [0.4, 0.5) is 0 Å². The molecule has 0 aromatic carbocycles. The highest BCUT2D eigenvalue weighted by atomic mass is 15.4. The molecule has 1 aromatic heterocycles. The Morgan fingerprint density at radius 1 is 1.54 bits per heavy atom. The lowest BCUT2D eigenvalue weighted by Gasteiger charge is -2.19. The molecular formula is C9H16N4. The molecule has 4 nitrogen and oxygen atoms in total. The predicted molar refractivity (Wildman–Crippen MR) is 50.5 cm³/mol. The molecule has 1 saturated heterocycles. The van der Waals surface area contributed by atoms with Crippen LogP contribution >= 0.6 is 0 Å². The number of piperidine rings is 1. The molecular weight excluding hydrogens is 164 g/mol. The Labute approximate surface area is 78.3 Å². The second kappa shape index (κ2) is 3.87. The Bertz CT molecular complexity index is 262. The van der Waals surface area contributed by atoms with E-state index in [1.54, 1.807) is 0 Å². The van der Waals surface area contributed by atoms with Crippen LogP contribution in [-0.2, 0) is 6.54 Å². The number of nitrogens with zero attached hydrogens (tertiary/aromatic N) is 3. The van der Waals surface area contributed by atoms with Crippen molar-refractivity contribution >= 4 is 0 Å². The summed E-state index contributed by atoms with van der Waals surface area (Å²) < 4.78 is 1.90. The van der Waals surface area contributed by atoms with Gasteiger partial charge in [-0.15, -0.1) is 5.10 Å². The maximum atomic E-state index is 4.20. The minimum Gasteiger partial charge on any atom is -0.317 e. The number of hydrogen-bond acceptors (Lipinski definition) is 3. The minimum atomic E-state index is 0.626. The van der Waals surface area contributed by atoms with Gasteiger partial charge >= 0.3 is 0 Å². The fourth-order valence-electron chi connectivity index (χ4n) is 1.77. The van der Waals surface area contributed by atoms with Gasteiger partial charge < -0.3 is 5.32 Å². The first-order valence-electron chi connectivity index (χ1n) is 5.01. The van der Waals surface area contributed by atoms with Gasteiger partial charge in [0, 0.05) is 18.7 Å². The molecule has 4 heteroatoms. The van der Waals surface area contributed by atoms with Crippen molar-refractivity contribution in [2.45, 2.75) is 32.2 Å². The van der Waals surface area contributed by atoms with Crippen LogP contribution in [0, 0.1) is 0 Å². The smallest absolute Gasteiger partial charge is 0.0858 e. The van der Waals surface area contributed by atoms with E-state index in [1.807, 2.05) is 4.68 Å². The van der Waals surface area contributed by atoms with E-state index in [0.29, 0.717) is 5.92 Å². The molecule has 1 aromatic rings. The van der Waals surface area contributed by atoms with E-state index in [4.69, 9.17) is 0 Å². The summed E-state index contributed by atoms with van der Waals surface area (Å²) in [5, 5.41) is 11.6. The van der Waals surface area contributed by atoms with Gasteiger partial charge in [-0.05, 0) is 32.9 Å². The summed E-state index contributed by atoms with van der Waals surface area (Å²) in [4.78, 5) is 0. The highest BCUT2D eigenvalue weighted by molar-refractivity contribution is 5.03. The second-order valence-corrected chi connectivity index (χ2v) is 3.52. The van der Waals surface area contributed by atoms with Gasteiger partial charge in [-0.25, -0.2) is 0 Å². The predicted octanol–water partition coefficient (Wildman–Crippen LogP) is 0.765. The van der Waals surface area contributed by atoms with Crippen LogP contribution in [0.3, 0.4) is 0 Å². The molecule has 13 heavy (non-hydrogen) atoms. The van der Waals surface area contributed by atoms with Crippen LogP contribution < -0.4 is 5.32 Å². The molecule has 0 aliphatic carbocycles. The largest absolute Gasteiger partial charge is 0.317 e. The monoisotopic (exact) mass is 180 g/mol. The molecule has 0 amide bonds. The molecule has 0 radical (unpaired) electrons. The molecule has 0 bridgehead atoms. The summed E-state index contributed by atoms with van der Waals surface area (Å²) in [6.07, 6.45) is 4.47. The van der Waals surface area contributed by atoms with Crippen molar-refractivity contribution in [3.8, 4) is 0 Å². The summed E-state index contributed by atoms with van der Waals surface area (Å²) in [5.41, 5.74) is 1.17. The Morgan fingerprint density at radius 2 is 2.31 bits per heavy atom. The van der Waals surface area contributed by atoms with Crippen molar-refractivity contribution in [3.05, 3.63) is 11.9 Å². The van der Waals surface area contributed by atoms with Gasteiger partial charge in [-0.2, -0.15) is 0 Å². The van der Waals surface area contributed by atoms with E-state index in [0.717, 1.165) is 19.6 Å². The molecule has 2 heterocycles. The molecule has 0 spiro atoms. The normalized spacial score (nSPS) is 19.2. The van der Waals surface area contributed by atoms with Crippen molar-refractivity contribution in [2.75, 3.05) is 13.1 Å². The first-order chi connectivity index (χ1) is 6.40. The maximum Gasteiger partial charge on any atom is 0.0858 e. The van der Waals surface area contributed by atoms with E-state index in [9.17, 15) is 0 Å². The van der Waals surface area contributed by atoms with Crippen LogP contribution in [0.1, 0.15) is 31.4 Å². The van der Waals surface area contributed by atoms with Crippen molar-refractivity contribution < 1.29 is 0 Å². The van der Waals surface area contributed by atoms with Crippen LogP contribution in [-0.4, -0.2) is 28.1 Å². The Hall–Kier alpha value is -0.900. The summed E-state index contributed by atoms with van der Waals surface area (Å²) in [6.45, 7) is 5.23. The average Bonchev–Trinajstić information content (AvgIpc) is 2.67. The van der Waals surface area contributed by atoms with E-state index >= 15 is 0 Å². The molecule has 0 atom stereocenters. The summed E-state index contributed by atoms with van der Waals surface area (Å²) in [7, 11) is 0. The lowest BCUT2D eigenvalue weighted by molar-refractivity contribution is 0.453. The third kappa shape index (κ3) is 1.88. The van der Waals surface area contributed by atoms with Gasteiger partial charge in [-0.1, -0.05) is 5.21 Å². The first kappa shape index (κ1) is 8.69. The van der Waals surface area contributed by atoms with Crippen molar-refractivity contribution in [2.24, 2.45) is 0 Å². The highest BCUT2D eigenvalue weighted by Gasteiger charge is 2.17. The lowest BCUT2D eigenvalue weighted by atomic mass is 9.95. The molecule has 0 saturated carbocycles. The lowest BCUT2D eigenvalue weighted by Crippen LogP contribution is -2.26. The van der Waals surface area contributed by atoms with Crippen molar-refractivity contribution in [1.82, 2.24) is 20.3 Å². The summed E-state index contributed by atoms with van der Waals surface area (Å²) >= 11 is 0. The standard InChI is InChI=1S/C9H16N4/c1-2-13-7-9(11-12-13)8-3-5-10-6-4-8/h7-8,10H,2-6H2,1H3. The van der Waals surface area contributed by atoms with Gasteiger partial charge in [0.05, 0.1) is 5.69 Å². The van der Waals surface area contributed by atoms with Crippen LogP contribution in [0.25, 0.3) is 0 Å². The molecule has 1 aliphatic heterocycles. The molecule has 72 valence electrons. The topological polar surface area (TPSA) is 42.7 Å². The van der Waals surface area contributed by atoms with Crippen LogP contribution in [0.15, 0.2) is 6.20 Å². The SMILES string of the molecule is CCn1cc(C2CCNCC2)nn1. The fraction of sp³-hybridized carbons (Fsp3) is 0.778. The molecule has 1 aliphatic rings. The quantitative estimate of drug-likeness (QED) is 0.731. The van der Waals surface area contributed by atoms with Gasteiger partial charge in [0.2, 0.25) is 0 Å². The zero-order chi connectivity index (χ0) is 9.10. The van der Waals surface area contributed by atoms with Crippen LogP contribution in [0.2, 0.25) is 0 Å². The average molecular weight is 180 g/mol. The number of nitrogens with one attached hydrogen (secondary N) is 1. The minimum absolute atomic E-state index is 0.626. The third-order valence-corrected chi connectivity index (χ3v) is 2.64. The Balaban J connectivity index is 2.05. The highest BCUT2D eigenvalue weighted by Crippen LogP contribution is 2.22. The number of aryl methyl sites for hydroxylation is 1. The van der Waals surface area contributed by atoms with E-state index in [1.165, 1.54) is 18.5 Å².